The van der Waals surface area contributed by atoms with Crippen LogP contribution in [0.4, 0.5) is 0 Å². The van der Waals surface area contributed by atoms with Crippen molar-refractivity contribution >= 4 is 33.9 Å². The highest BCUT2D eigenvalue weighted by Crippen LogP contribution is 2.16. The van der Waals surface area contributed by atoms with Crippen molar-refractivity contribution < 1.29 is 9.59 Å². The van der Waals surface area contributed by atoms with Gasteiger partial charge in [-0.05, 0) is 33.8 Å². The smallest absolute Gasteiger partial charge is 0.252 e. The lowest BCUT2D eigenvalue weighted by molar-refractivity contribution is -0.130. The van der Waals surface area contributed by atoms with Gasteiger partial charge >= 0.3 is 0 Å². The normalized spacial score (nSPS) is 10.6. The summed E-state index contributed by atoms with van der Waals surface area (Å²) in [5, 5.41) is 8.79. The molecule has 0 fully saturated rings. The molecule has 0 bridgehead atoms. The monoisotopic (exact) mass is 352 g/mol. The fraction of sp³-hybridized carbons (Fsp3) is 0.200. The highest BCUT2D eigenvalue weighted by molar-refractivity contribution is 7.08. The Bertz CT molecular complexity index is 874. The van der Waals surface area contributed by atoms with Gasteiger partial charge in [-0.15, -0.1) is 0 Å². The van der Waals surface area contributed by atoms with Crippen molar-refractivity contribution in [1.29, 1.82) is 0 Å². The fourth-order valence-electron chi connectivity index (χ4n) is 2.67. The molecule has 2 amide bonds. The number of thiophene rings is 1. The average molecular weight is 352 g/mol. The summed E-state index contributed by atoms with van der Waals surface area (Å²) in [5.41, 5.74) is 1.74. The van der Waals surface area contributed by atoms with Gasteiger partial charge in [0.05, 0.1) is 0 Å². The SMILES string of the molecule is CN(Cc1ccc2ccccc2c1)C(=O)CCNC(=O)c1ccsc1. The molecule has 0 unspecified atom stereocenters. The second kappa shape index (κ2) is 7.94. The summed E-state index contributed by atoms with van der Waals surface area (Å²) in [5.74, 6) is -0.120. The number of nitrogens with one attached hydrogen (secondary N) is 1. The molecule has 128 valence electrons. The van der Waals surface area contributed by atoms with Gasteiger partial charge in [0.25, 0.3) is 5.91 Å². The molecule has 0 saturated carbocycles. The summed E-state index contributed by atoms with van der Waals surface area (Å²) in [4.78, 5) is 25.8. The Balaban J connectivity index is 1.50. The van der Waals surface area contributed by atoms with E-state index in [0.717, 1.165) is 5.56 Å². The molecule has 2 aromatic carbocycles. The fourth-order valence-corrected chi connectivity index (χ4v) is 3.30. The lowest BCUT2D eigenvalue weighted by Gasteiger charge is -2.18. The summed E-state index contributed by atoms with van der Waals surface area (Å²) >= 11 is 1.48. The zero-order chi connectivity index (χ0) is 17.6. The van der Waals surface area contributed by atoms with Crippen molar-refractivity contribution in [3.63, 3.8) is 0 Å². The van der Waals surface area contributed by atoms with Gasteiger partial charge in [0, 0.05) is 37.5 Å². The van der Waals surface area contributed by atoms with Gasteiger partial charge in [-0.25, -0.2) is 0 Å². The minimum Gasteiger partial charge on any atom is -0.351 e. The first-order valence-corrected chi connectivity index (χ1v) is 9.10. The number of fused-ring (bicyclic) bond motifs is 1. The van der Waals surface area contributed by atoms with Gasteiger partial charge in [0.2, 0.25) is 5.91 Å². The van der Waals surface area contributed by atoms with Gasteiger partial charge in [-0.3, -0.25) is 9.59 Å². The largest absolute Gasteiger partial charge is 0.351 e. The van der Waals surface area contributed by atoms with Gasteiger partial charge in [0.1, 0.15) is 0 Å². The number of carbonyl (C=O) groups excluding carboxylic acids is 2. The van der Waals surface area contributed by atoms with Crippen LogP contribution in [0.3, 0.4) is 0 Å². The van der Waals surface area contributed by atoms with Crippen molar-refractivity contribution in [2.75, 3.05) is 13.6 Å². The number of nitrogens with zero attached hydrogens (tertiary/aromatic N) is 1. The number of amides is 2. The highest BCUT2D eigenvalue weighted by Gasteiger charge is 2.11. The number of hydrogen-bond donors (Lipinski definition) is 1. The molecule has 4 nitrogen and oxygen atoms in total. The minimum absolute atomic E-state index is 0.0128. The van der Waals surface area contributed by atoms with Gasteiger partial charge in [-0.2, -0.15) is 11.3 Å². The zero-order valence-electron chi connectivity index (χ0n) is 14.1. The Morgan fingerprint density at radius 1 is 1.08 bits per heavy atom. The van der Waals surface area contributed by atoms with E-state index in [4.69, 9.17) is 0 Å². The molecule has 0 spiro atoms. The lowest BCUT2D eigenvalue weighted by Crippen LogP contribution is -2.31. The first-order chi connectivity index (χ1) is 12.1. The Hall–Kier alpha value is -2.66. The van der Waals surface area contributed by atoms with E-state index in [-0.39, 0.29) is 11.8 Å². The number of benzene rings is 2. The molecule has 0 aliphatic rings. The van der Waals surface area contributed by atoms with Crippen molar-refractivity contribution in [2.24, 2.45) is 0 Å². The molecular formula is C20H20N2O2S. The molecule has 0 aliphatic carbocycles. The van der Waals surface area contributed by atoms with Crippen LogP contribution in [0.1, 0.15) is 22.3 Å². The summed E-state index contributed by atoms with van der Waals surface area (Å²) in [7, 11) is 1.79. The Labute approximate surface area is 151 Å². The van der Waals surface area contributed by atoms with Crippen LogP contribution in [0.5, 0.6) is 0 Å². The van der Waals surface area contributed by atoms with E-state index in [0.29, 0.717) is 25.1 Å². The molecule has 0 aliphatic heterocycles. The first kappa shape index (κ1) is 17.2. The molecule has 0 saturated heterocycles. The third-order valence-electron chi connectivity index (χ3n) is 4.07. The van der Waals surface area contributed by atoms with E-state index in [1.165, 1.54) is 22.1 Å². The van der Waals surface area contributed by atoms with E-state index in [2.05, 4.69) is 29.6 Å². The Morgan fingerprint density at radius 2 is 1.88 bits per heavy atom. The molecule has 0 radical (unpaired) electrons. The third kappa shape index (κ3) is 4.45. The zero-order valence-corrected chi connectivity index (χ0v) is 14.9. The molecule has 25 heavy (non-hydrogen) atoms. The predicted octanol–water partition coefficient (Wildman–Crippen LogP) is 3.68. The number of hydrogen-bond acceptors (Lipinski definition) is 3. The van der Waals surface area contributed by atoms with Crippen LogP contribution in [0.15, 0.2) is 59.3 Å². The molecule has 1 heterocycles. The van der Waals surface area contributed by atoms with E-state index in [1.807, 2.05) is 23.6 Å². The second-order valence-corrected chi connectivity index (χ2v) is 6.73. The van der Waals surface area contributed by atoms with Crippen molar-refractivity contribution in [2.45, 2.75) is 13.0 Å². The maximum absolute atomic E-state index is 12.3. The molecule has 0 atom stereocenters. The van der Waals surface area contributed by atoms with Crippen LogP contribution < -0.4 is 5.32 Å². The maximum Gasteiger partial charge on any atom is 0.252 e. The summed E-state index contributed by atoms with van der Waals surface area (Å²) < 4.78 is 0. The molecular weight excluding hydrogens is 332 g/mol. The van der Waals surface area contributed by atoms with E-state index in [1.54, 1.807) is 23.4 Å². The van der Waals surface area contributed by atoms with E-state index >= 15 is 0 Å². The maximum atomic E-state index is 12.3. The Kier molecular flexibility index (Phi) is 5.46. The lowest BCUT2D eigenvalue weighted by atomic mass is 10.1. The van der Waals surface area contributed by atoms with Crippen LogP contribution in [0.25, 0.3) is 10.8 Å². The Morgan fingerprint density at radius 3 is 2.64 bits per heavy atom. The number of carbonyl (C=O) groups is 2. The predicted molar refractivity (Wildman–Crippen MR) is 102 cm³/mol. The highest BCUT2D eigenvalue weighted by atomic mass is 32.1. The van der Waals surface area contributed by atoms with Crippen LogP contribution in [-0.2, 0) is 11.3 Å². The van der Waals surface area contributed by atoms with Crippen molar-refractivity contribution in [3.05, 3.63) is 70.4 Å². The van der Waals surface area contributed by atoms with Crippen LogP contribution in [0.2, 0.25) is 0 Å². The van der Waals surface area contributed by atoms with Gasteiger partial charge < -0.3 is 10.2 Å². The first-order valence-electron chi connectivity index (χ1n) is 8.15. The molecule has 1 N–H and O–H groups in total. The summed E-state index contributed by atoms with van der Waals surface area (Å²) in [6.45, 7) is 0.901. The third-order valence-corrected chi connectivity index (χ3v) is 4.75. The molecule has 1 aromatic heterocycles. The van der Waals surface area contributed by atoms with Crippen LogP contribution >= 0.6 is 11.3 Å². The molecule has 5 heteroatoms. The molecule has 3 aromatic rings. The minimum atomic E-state index is -0.133. The molecule has 3 rings (SSSR count). The van der Waals surface area contributed by atoms with Gasteiger partial charge in [-0.1, -0.05) is 36.4 Å². The number of rotatable bonds is 6. The standard InChI is InChI=1S/C20H20N2O2S/c1-22(13-15-6-7-16-4-2-3-5-17(16)12-15)19(23)8-10-21-20(24)18-9-11-25-14-18/h2-7,9,11-12,14H,8,10,13H2,1H3,(H,21,24). The average Bonchev–Trinajstić information content (AvgIpc) is 3.16. The second-order valence-electron chi connectivity index (χ2n) is 5.95. The van der Waals surface area contributed by atoms with Crippen LogP contribution in [0, 0.1) is 0 Å². The van der Waals surface area contributed by atoms with Crippen molar-refractivity contribution in [1.82, 2.24) is 10.2 Å². The summed E-state index contributed by atoms with van der Waals surface area (Å²) in [6.07, 6.45) is 0.292. The van der Waals surface area contributed by atoms with Crippen LogP contribution in [-0.4, -0.2) is 30.3 Å². The van der Waals surface area contributed by atoms with E-state index < -0.39 is 0 Å². The van der Waals surface area contributed by atoms with Crippen molar-refractivity contribution in [3.8, 4) is 0 Å². The summed E-state index contributed by atoms with van der Waals surface area (Å²) in [6, 6.07) is 16.2. The van der Waals surface area contributed by atoms with Gasteiger partial charge in [0.15, 0.2) is 0 Å². The van der Waals surface area contributed by atoms with E-state index in [9.17, 15) is 9.59 Å². The topological polar surface area (TPSA) is 49.4 Å². The quantitative estimate of drug-likeness (QED) is 0.736.